The highest BCUT2D eigenvalue weighted by atomic mass is 16.5. The number of benzene rings is 2. The van der Waals surface area contributed by atoms with Crippen molar-refractivity contribution in [3.8, 4) is 5.75 Å². The molecule has 0 radical (unpaired) electrons. The van der Waals surface area contributed by atoms with Crippen molar-refractivity contribution in [3.05, 3.63) is 58.7 Å². The minimum atomic E-state index is -1.15. The summed E-state index contributed by atoms with van der Waals surface area (Å²) in [5, 5.41) is 12.2. The summed E-state index contributed by atoms with van der Waals surface area (Å²) < 4.78 is 5.45. The zero-order valence-corrected chi connectivity index (χ0v) is 15.4. The van der Waals surface area contributed by atoms with E-state index < -0.39 is 17.9 Å². The Kier molecular flexibility index (Phi) is 4.50. The molecule has 7 heteroatoms. The molecule has 0 bridgehead atoms. The maximum absolute atomic E-state index is 12.7. The number of ether oxygens (including phenoxy) is 1. The average Bonchev–Trinajstić information content (AvgIpc) is 3.16. The highest BCUT2D eigenvalue weighted by Crippen LogP contribution is 2.30. The fraction of sp³-hybridized carbons (Fsp3) is 0.286. The van der Waals surface area contributed by atoms with Crippen LogP contribution in [0.3, 0.4) is 0 Å². The quantitative estimate of drug-likeness (QED) is 0.847. The summed E-state index contributed by atoms with van der Waals surface area (Å²) >= 11 is 0. The molecule has 28 heavy (non-hydrogen) atoms. The lowest BCUT2D eigenvalue weighted by molar-refractivity contribution is -0.139. The molecule has 0 fully saturated rings. The van der Waals surface area contributed by atoms with E-state index in [1.165, 1.54) is 0 Å². The molecule has 2 aromatic rings. The van der Waals surface area contributed by atoms with E-state index in [0.717, 1.165) is 29.0 Å². The van der Waals surface area contributed by atoms with Gasteiger partial charge in [0.25, 0.3) is 5.91 Å². The highest BCUT2D eigenvalue weighted by Gasteiger charge is 2.26. The van der Waals surface area contributed by atoms with Gasteiger partial charge < -0.3 is 20.1 Å². The number of carboxylic acids is 1. The number of nitrogens with zero attached hydrogens (tertiary/aromatic N) is 1. The Hall–Kier alpha value is -3.35. The lowest BCUT2D eigenvalue weighted by Gasteiger charge is -2.26. The van der Waals surface area contributed by atoms with E-state index in [1.54, 1.807) is 48.3 Å². The number of amides is 2. The summed E-state index contributed by atoms with van der Waals surface area (Å²) in [6.07, 6.45) is 1.68. The molecule has 2 aliphatic rings. The number of carboxylic acid groups (broad SMARTS) is 1. The molecule has 4 rings (SSSR count). The van der Waals surface area contributed by atoms with Crippen molar-refractivity contribution in [1.29, 1.82) is 0 Å². The van der Waals surface area contributed by atoms with Crippen molar-refractivity contribution in [2.75, 3.05) is 18.6 Å². The topological polar surface area (TPSA) is 95.9 Å². The number of hydrogen-bond donors (Lipinski definition) is 2. The molecule has 7 nitrogen and oxygen atoms in total. The average molecular weight is 380 g/mol. The van der Waals surface area contributed by atoms with Gasteiger partial charge in [-0.15, -0.1) is 0 Å². The Bertz CT molecular complexity index is 985. The fourth-order valence-corrected chi connectivity index (χ4v) is 3.69. The first-order valence-corrected chi connectivity index (χ1v) is 9.13. The lowest BCUT2D eigenvalue weighted by atomic mass is 9.98. The van der Waals surface area contributed by atoms with E-state index in [9.17, 15) is 19.5 Å². The molecule has 0 saturated heterocycles. The first kappa shape index (κ1) is 18.0. The fourth-order valence-electron chi connectivity index (χ4n) is 3.69. The molecule has 2 aromatic carbocycles. The van der Waals surface area contributed by atoms with Crippen molar-refractivity contribution < 1.29 is 24.2 Å². The number of carbonyl (C=O) groups excluding carboxylic acids is 2. The lowest BCUT2D eigenvalue weighted by Crippen LogP contribution is -2.34. The minimum Gasteiger partial charge on any atom is -0.493 e. The number of aliphatic carboxylic acids is 1. The summed E-state index contributed by atoms with van der Waals surface area (Å²) in [6, 6.07) is 9.08. The Labute approximate surface area is 161 Å². The molecule has 0 aromatic heterocycles. The van der Waals surface area contributed by atoms with Crippen LogP contribution in [-0.4, -0.2) is 36.5 Å². The van der Waals surface area contributed by atoms with Gasteiger partial charge in [-0.2, -0.15) is 0 Å². The molecular formula is C21H20N2O5. The summed E-state index contributed by atoms with van der Waals surface area (Å²) in [7, 11) is 1.71. The minimum absolute atomic E-state index is 0.0382. The summed E-state index contributed by atoms with van der Waals surface area (Å²) in [5.41, 5.74) is 3.50. The zero-order chi connectivity index (χ0) is 19.8. The van der Waals surface area contributed by atoms with Crippen molar-refractivity contribution >= 4 is 23.5 Å². The van der Waals surface area contributed by atoms with Crippen LogP contribution in [0.1, 0.15) is 39.5 Å². The van der Waals surface area contributed by atoms with Gasteiger partial charge in [0.15, 0.2) is 6.04 Å². The standard InChI is InChI=1S/C21H20N2O5/c1-23-16-5-2-15(10-12(16)4-7-18(23)24)20(25)22-19(21(26)27)14-3-6-17-13(11-14)8-9-28-17/h2-3,5-6,10-11,19H,4,7-9H2,1H3,(H,22,25)(H,26,27). The number of rotatable bonds is 4. The third kappa shape index (κ3) is 3.19. The van der Waals surface area contributed by atoms with Gasteiger partial charge in [-0.1, -0.05) is 6.07 Å². The molecule has 2 N–H and O–H groups in total. The number of carbonyl (C=O) groups is 3. The molecule has 1 atom stereocenters. The van der Waals surface area contributed by atoms with Crippen LogP contribution < -0.4 is 15.0 Å². The summed E-state index contributed by atoms with van der Waals surface area (Å²) in [6.45, 7) is 0.578. The zero-order valence-electron chi connectivity index (χ0n) is 15.4. The van der Waals surface area contributed by atoms with Gasteiger partial charge in [0.05, 0.1) is 6.61 Å². The van der Waals surface area contributed by atoms with E-state index in [4.69, 9.17) is 4.74 Å². The van der Waals surface area contributed by atoms with Gasteiger partial charge in [-0.05, 0) is 53.4 Å². The Balaban J connectivity index is 1.57. The third-order valence-corrected chi connectivity index (χ3v) is 5.25. The smallest absolute Gasteiger partial charge is 0.330 e. The van der Waals surface area contributed by atoms with Gasteiger partial charge in [0.2, 0.25) is 5.91 Å². The van der Waals surface area contributed by atoms with Crippen LogP contribution in [0, 0.1) is 0 Å². The first-order chi connectivity index (χ1) is 13.4. The largest absolute Gasteiger partial charge is 0.493 e. The van der Waals surface area contributed by atoms with Crippen molar-refractivity contribution in [2.24, 2.45) is 0 Å². The molecule has 144 valence electrons. The SMILES string of the molecule is CN1C(=O)CCc2cc(C(=O)NC(C(=O)O)c3ccc4c(c3)CCO4)ccc21. The van der Waals surface area contributed by atoms with Gasteiger partial charge in [-0.3, -0.25) is 9.59 Å². The number of anilines is 1. The Morgan fingerprint density at radius 1 is 1.11 bits per heavy atom. The predicted octanol–water partition coefficient (Wildman–Crippen LogP) is 2.09. The number of hydrogen-bond acceptors (Lipinski definition) is 4. The molecule has 2 heterocycles. The normalized spacial score (nSPS) is 16.0. The monoisotopic (exact) mass is 380 g/mol. The summed E-state index contributed by atoms with van der Waals surface area (Å²) in [5.74, 6) is -0.800. The second-order valence-electron chi connectivity index (χ2n) is 7.01. The first-order valence-electron chi connectivity index (χ1n) is 9.13. The predicted molar refractivity (Wildman–Crippen MR) is 102 cm³/mol. The number of nitrogens with one attached hydrogen (secondary N) is 1. The molecule has 1 unspecified atom stereocenters. The molecule has 0 saturated carbocycles. The maximum atomic E-state index is 12.7. The van der Waals surface area contributed by atoms with Crippen molar-refractivity contribution in [1.82, 2.24) is 5.32 Å². The van der Waals surface area contributed by atoms with Crippen LogP contribution in [0.5, 0.6) is 5.75 Å². The van der Waals surface area contributed by atoms with Crippen LogP contribution in [0.2, 0.25) is 0 Å². The molecule has 0 aliphatic carbocycles. The van der Waals surface area contributed by atoms with Crippen molar-refractivity contribution in [2.45, 2.75) is 25.3 Å². The van der Waals surface area contributed by atoms with Crippen LogP contribution >= 0.6 is 0 Å². The molecule has 0 spiro atoms. The van der Waals surface area contributed by atoms with Crippen molar-refractivity contribution in [3.63, 3.8) is 0 Å². The van der Waals surface area contributed by atoms with Gasteiger partial charge in [0, 0.05) is 31.1 Å². The summed E-state index contributed by atoms with van der Waals surface area (Å²) in [4.78, 5) is 37.9. The number of aryl methyl sites for hydroxylation is 1. The van der Waals surface area contributed by atoms with E-state index in [0.29, 0.717) is 30.6 Å². The third-order valence-electron chi connectivity index (χ3n) is 5.25. The van der Waals surface area contributed by atoms with Gasteiger partial charge >= 0.3 is 5.97 Å². The van der Waals surface area contributed by atoms with Gasteiger partial charge in [0.1, 0.15) is 5.75 Å². The van der Waals surface area contributed by atoms with Crippen LogP contribution in [0.15, 0.2) is 36.4 Å². The maximum Gasteiger partial charge on any atom is 0.330 e. The van der Waals surface area contributed by atoms with Crippen LogP contribution in [0.25, 0.3) is 0 Å². The molecule has 2 amide bonds. The second-order valence-corrected chi connectivity index (χ2v) is 7.01. The van der Waals surface area contributed by atoms with E-state index in [1.807, 2.05) is 0 Å². The Morgan fingerprint density at radius 3 is 2.71 bits per heavy atom. The van der Waals surface area contributed by atoms with E-state index in [-0.39, 0.29) is 5.91 Å². The molecule has 2 aliphatic heterocycles. The Morgan fingerprint density at radius 2 is 1.93 bits per heavy atom. The van der Waals surface area contributed by atoms with E-state index in [2.05, 4.69) is 5.32 Å². The second kappa shape index (κ2) is 6.99. The molecular weight excluding hydrogens is 360 g/mol. The van der Waals surface area contributed by atoms with Gasteiger partial charge in [-0.25, -0.2) is 4.79 Å². The highest BCUT2D eigenvalue weighted by molar-refractivity contribution is 6.00. The number of fused-ring (bicyclic) bond motifs is 2. The van der Waals surface area contributed by atoms with E-state index >= 15 is 0 Å². The van der Waals surface area contributed by atoms with Crippen LogP contribution in [-0.2, 0) is 22.4 Å². The van der Waals surface area contributed by atoms with Crippen LogP contribution in [0.4, 0.5) is 5.69 Å².